The Morgan fingerprint density at radius 3 is 2.78 bits per heavy atom. The number of rotatable bonds is 4. The Kier molecular flexibility index (Phi) is 3.66. The maximum Gasteiger partial charge on any atom is 0.216 e. The molecule has 2 N–H and O–H groups in total. The summed E-state index contributed by atoms with van der Waals surface area (Å²) >= 11 is 0. The normalized spacial score (nSPS) is 10.3. The fraction of sp³-hybridized carbons (Fsp3) is 0.333. The number of hydrogen-bond acceptors (Lipinski definition) is 6. The molecule has 2 heterocycles. The van der Waals surface area contributed by atoms with Crippen molar-refractivity contribution in [2.75, 3.05) is 12.8 Å². The van der Waals surface area contributed by atoms with E-state index >= 15 is 0 Å². The third-order valence-corrected chi connectivity index (χ3v) is 2.39. The summed E-state index contributed by atoms with van der Waals surface area (Å²) in [7, 11) is 1.55. The van der Waals surface area contributed by atoms with Gasteiger partial charge >= 0.3 is 0 Å². The number of nitrogens with two attached hydrogens (primary N) is 1. The number of nitrogen functional groups attached to an aromatic ring is 1. The Morgan fingerprint density at radius 2 is 2.06 bits per heavy atom. The molecule has 2 aromatic heterocycles. The topological polar surface area (TPSA) is 86.8 Å². The van der Waals surface area contributed by atoms with Crippen LogP contribution in [0.4, 0.5) is 5.82 Å². The van der Waals surface area contributed by atoms with Crippen LogP contribution in [0.2, 0.25) is 0 Å². The highest BCUT2D eigenvalue weighted by Gasteiger charge is 2.08. The van der Waals surface area contributed by atoms with Crippen LogP contribution < -0.4 is 10.5 Å². The SMILES string of the molecule is CCCc1cc(N)nc(-c2cc(OC)ncn2)n1. The van der Waals surface area contributed by atoms with Crippen LogP contribution in [0.15, 0.2) is 18.5 Å². The minimum absolute atomic E-state index is 0.445. The van der Waals surface area contributed by atoms with Gasteiger partial charge in [0.1, 0.15) is 17.8 Å². The van der Waals surface area contributed by atoms with E-state index in [4.69, 9.17) is 10.5 Å². The van der Waals surface area contributed by atoms with Crippen molar-refractivity contribution >= 4 is 5.82 Å². The van der Waals surface area contributed by atoms with Gasteiger partial charge < -0.3 is 10.5 Å². The zero-order valence-electron chi connectivity index (χ0n) is 10.4. The smallest absolute Gasteiger partial charge is 0.216 e. The molecular weight excluding hydrogens is 230 g/mol. The van der Waals surface area contributed by atoms with Crippen molar-refractivity contribution in [1.29, 1.82) is 0 Å². The van der Waals surface area contributed by atoms with Crippen molar-refractivity contribution < 1.29 is 4.74 Å². The summed E-state index contributed by atoms with van der Waals surface area (Å²) < 4.78 is 5.05. The summed E-state index contributed by atoms with van der Waals surface area (Å²) in [5.74, 6) is 1.42. The number of methoxy groups -OCH3 is 1. The van der Waals surface area contributed by atoms with Gasteiger partial charge in [0.25, 0.3) is 0 Å². The van der Waals surface area contributed by atoms with E-state index in [1.165, 1.54) is 6.33 Å². The van der Waals surface area contributed by atoms with Crippen molar-refractivity contribution in [3.8, 4) is 17.4 Å². The van der Waals surface area contributed by atoms with Crippen molar-refractivity contribution in [2.24, 2.45) is 0 Å². The Morgan fingerprint density at radius 1 is 1.22 bits per heavy atom. The third kappa shape index (κ3) is 2.71. The molecule has 0 atom stereocenters. The van der Waals surface area contributed by atoms with Gasteiger partial charge in [-0.3, -0.25) is 0 Å². The van der Waals surface area contributed by atoms with Crippen molar-refractivity contribution in [1.82, 2.24) is 19.9 Å². The van der Waals surface area contributed by atoms with Crippen LogP contribution in [-0.4, -0.2) is 27.0 Å². The first-order chi connectivity index (χ1) is 8.72. The van der Waals surface area contributed by atoms with Crippen LogP contribution in [0.25, 0.3) is 11.5 Å². The van der Waals surface area contributed by atoms with Gasteiger partial charge in [0.05, 0.1) is 7.11 Å². The van der Waals surface area contributed by atoms with Crippen LogP contribution >= 0.6 is 0 Å². The van der Waals surface area contributed by atoms with E-state index in [-0.39, 0.29) is 0 Å². The lowest BCUT2D eigenvalue weighted by molar-refractivity contribution is 0.397. The molecule has 0 aliphatic rings. The second kappa shape index (κ2) is 5.39. The van der Waals surface area contributed by atoms with Gasteiger partial charge in [0.2, 0.25) is 5.88 Å². The van der Waals surface area contributed by atoms with Gasteiger partial charge in [0.15, 0.2) is 5.82 Å². The third-order valence-electron chi connectivity index (χ3n) is 2.39. The monoisotopic (exact) mass is 245 g/mol. The van der Waals surface area contributed by atoms with Crippen molar-refractivity contribution in [3.05, 3.63) is 24.2 Å². The largest absolute Gasteiger partial charge is 0.481 e. The molecule has 0 unspecified atom stereocenters. The molecular formula is C12H15N5O. The van der Waals surface area contributed by atoms with Crippen LogP contribution in [0, 0.1) is 0 Å². The number of ether oxygens (including phenoxy) is 1. The standard InChI is InChI=1S/C12H15N5O/c1-3-4-8-5-10(13)17-12(16-8)9-6-11(18-2)15-7-14-9/h5-7H,3-4H2,1-2H3,(H2,13,16,17). The van der Waals surface area contributed by atoms with Gasteiger partial charge in [0, 0.05) is 17.8 Å². The second-order valence-corrected chi connectivity index (χ2v) is 3.80. The second-order valence-electron chi connectivity index (χ2n) is 3.80. The molecule has 0 radical (unpaired) electrons. The van der Waals surface area contributed by atoms with E-state index in [9.17, 15) is 0 Å². The molecule has 6 heteroatoms. The lowest BCUT2D eigenvalue weighted by atomic mass is 10.2. The molecule has 6 nitrogen and oxygen atoms in total. The van der Waals surface area contributed by atoms with Crippen molar-refractivity contribution in [3.63, 3.8) is 0 Å². The van der Waals surface area contributed by atoms with E-state index < -0.39 is 0 Å². The van der Waals surface area contributed by atoms with Crippen LogP contribution in [0.1, 0.15) is 19.0 Å². The van der Waals surface area contributed by atoms with E-state index in [2.05, 4.69) is 26.9 Å². The van der Waals surface area contributed by atoms with Crippen LogP contribution in [0.3, 0.4) is 0 Å². The average Bonchev–Trinajstić information content (AvgIpc) is 2.38. The van der Waals surface area contributed by atoms with E-state index in [1.54, 1.807) is 19.2 Å². The number of anilines is 1. The first kappa shape index (κ1) is 12.2. The van der Waals surface area contributed by atoms with Gasteiger partial charge in [-0.15, -0.1) is 0 Å². The molecule has 0 amide bonds. The quantitative estimate of drug-likeness (QED) is 0.877. The first-order valence-electron chi connectivity index (χ1n) is 5.72. The molecule has 0 spiro atoms. The summed E-state index contributed by atoms with van der Waals surface area (Å²) in [5, 5.41) is 0. The molecule has 0 bridgehead atoms. The predicted octanol–water partition coefficient (Wildman–Crippen LogP) is 1.48. The molecule has 0 saturated carbocycles. The van der Waals surface area contributed by atoms with Crippen LogP contribution in [-0.2, 0) is 6.42 Å². The Hall–Kier alpha value is -2.24. The fourth-order valence-electron chi connectivity index (χ4n) is 1.59. The zero-order valence-corrected chi connectivity index (χ0v) is 10.4. The van der Waals surface area contributed by atoms with Crippen molar-refractivity contribution in [2.45, 2.75) is 19.8 Å². The minimum atomic E-state index is 0.445. The van der Waals surface area contributed by atoms with Gasteiger partial charge in [-0.25, -0.2) is 19.9 Å². The van der Waals surface area contributed by atoms with Crippen LogP contribution in [0.5, 0.6) is 5.88 Å². The molecule has 2 aromatic rings. The molecule has 94 valence electrons. The molecule has 0 fully saturated rings. The highest BCUT2D eigenvalue weighted by atomic mass is 16.5. The summed E-state index contributed by atoms with van der Waals surface area (Å²) in [4.78, 5) is 16.7. The summed E-state index contributed by atoms with van der Waals surface area (Å²) in [5.41, 5.74) is 7.29. The number of hydrogen-bond donors (Lipinski definition) is 1. The molecule has 0 aromatic carbocycles. The molecule has 0 aliphatic heterocycles. The Balaban J connectivity index is 2.42. The maximum absolute atomic E-state index is 5.77. The first-order valence-corrected chi connectivity index (χ1v) is 5.72. The Labute approximate surface area is 105 Å². The minimum Gasteiger partial charge on any atom is -0.481 e. The number of aromatic nitrogens is 4. The summed E-state index contributed by atoms with van der Waals surface area (Å²) in [6.07, 6.45) is 3.28. The van der Waals surface area contributed by atoms with Gasteiger partial charge in [-0.05, 0) is 6.42 Å². The number of nitrogens with zero attached hydrogens (tertiary/aromatic N) is 4. The molecule has 0 saturated heterocycles. The lowest BCUT2D eigenvalue weighted by Crippen LogP contribution is -2.02. The summed E-state index contributed by atoms with van der Waals surface area (Å²) in [6, 6.07) is 3.47. The van der Waals surface area contributed by atoms with Gasteiger partial charge in [-0.2, -0.15) is 0 Å². The fourth-order valence-corrected chi connectivity index (χ4v) is 1.59. The van der Waals surface area contributed by atoms with E-state index in [1.807, 2.05) is 0 Å². The highest BCUT2D eigenvalue weighted by Crippen LogP contribution is 2.18. The lowest BCUT2D eigenvalue weighted by Gasteiger charge is -2.05. The van der Waals surface area contributed by atoms with Gasteiger partial charge in [-0.1, -0.05) is 13.3 Å². The summed E-state index contributed by atoms with van der Waals surface area (Å²) in [6.45, 7) is 2.09. The molecule has 2 rings (SSSR count). The Bertz CT molecular complexity index is 544. The molecule has 0 aliphatic carbocycles. The highest BCUT2D eigenvalue weighted by molar-refractivity contribution is 5.53. The zero-order chi connectivity index (χ0) is 13.0. The molecule has 18 heavy (non-hydrogen) atoms. The number of aryl methyl sites for hydroxylation is 1. The van der Waals surface area contributed by atoms with E-state index in [0.717, 1.165) is 18.5 Å². The maximum atomic E-state index is 5.77. The van der Waals surface area contributed by atoms with E-state index in [0.29, 0.717) is 23.2 Å². The average molecular weight is 245 g/mol. The predicted molar refractivity (Wildman–Crippen MR) is 68.0 cm³/mol.